The summed E-state index contributed by atoms with van der Waals surface area (Å²) in [5.41, 5.74) is 1.60. The largest absolute Gasteiger partial charge is 0.390 e. The first kappa shape index (κ1) is 13.6. The van der Waals surface area contributed by atoms with Crippen LogP contribution in [0.15, 0.2) is 23.4 Å². The highest BCUT2D eigenvalue weighted by Gasteiger charge is 2.18. The van der Waals surface area contributed by atoms with Gasteiger partial charge in [-0.05, 0) is 12.5 Å². The van der Waals surface area contributed by atoms with E-state index < -0.39 is 10.0 Å². The highest BCUT2D eigenvalue weighted by molar-refractivity contribution is 7.92. The van der Waals surface area contributed by atoms with Crippen molar-refractivity contribution in [3.63, 3.8) is 0 Å². The van der Waals surface area contributed by atoms with E-state index in [4.69, 9.17) is 5.11 Å². The van der Waals surface area contributed by atoms with Crippen LogP contribution in [-0.2, 0) is 30.1 Å². The first-order valence-corrected chi connectivity index (χ1v) is 7.28. The predicted octanol–water partition coefficient (Wildman–Crippen LogP) is 0.604. The van der Waals surface area contributed by atoms with Crippen LogP contribution in [0, 0.1) is 0 Å². The number of sulfonamides is 1. The van der Waals surface area contributed by atoms with Gasteiger partial charge in [0.05, 0.1) is 18.0 Å². The molecule has 7 nitrogen and oxygen atoms in total. The van der Waals surface area contributed by atoms with Gasteiger partial charge in [-0.15, -0.1) is 0 Å². The molecule has 0 aliphatic carbocycles. The van der Waals surface area contributed by atoms with Gasteiger partial charge in [-0.2, -0.15) is 5.10 Å². The van der Waals surface area contributed by atoms with Gasteiger partial charge in [0.1, 0.15) is 4.90 Å². The topological polar surface area (TPSA) is 100 Å². The number of aliphatic hydroxyl groups excluding tert-OH is 1. The van der Waals surface area contributed by atoms with Crippen LogP contribution in [-0.4, -0.2) is 28.3 Å². The molecule has 0 aliphatic rings. The van der Waals surface area contributed by atoms with E-state index >= 15 is 0 Å². The van der Waals surface area contributed by atoms with E-state index in [1.807, 2.05) is 6.92 Å². The van der Waals surface area contributed by atoms with Crippen molar-refractivity contribution in [3.8, 4) is 0 Å². The lowest BCUT2D eigenvalue weighted by atomic mass is 10.3. The maximum atomic E-state index is 12.2. The monoisotopic (exact) mass is 284 g/mol. The Morgan fingerprint density at radius 2 is 2.26 bits per heavy atom. The SMILES string of the molecule is CCc1nn(C)cc1NS(=O)(=O)c1c[nH]c(CO)c1. The summed E-state index contributed by atoms with van der Waals surface area (Å²) in [6, 6.07) is 1.39. The smallest absolute Gasteiger partial charge is 0.263 e. The van der Waals surface area contributed by atoms with Crippen LogP contribution >= 0.6 is 0 Å². The second-order valence-electron chi connectivity index (χ2n) is 4.14. The molecule has 2 rings (SSSR count). The molecule has 0 amide bonds. The number of aromatic nitrogens is 3. The van der Waals surface area contributed by atoms with Gasteiger partial charge in [0, 0.05) is 25.1 Å². The van der Waals surface area contributed by atoms with Gasteiger partial charge < -0.3 is 10.1 Å². The van der Waals surface area contributed by atoms with Crippen LogP contribution in [0.3, 0.4) is 0 Å². The number of nitrogens with one attached hydrogen (secondary N) is 2. The van der Waals surface area contributed by atoms with Crippen molar-refractivity contribution < 1.29 is 13.5 Å². The van der Waals surface area contributed by atoms with Gasteiger partial charge >= 0.3 is 0 Å². The highest BCUT2D eigenvalue weighted by Crippen LogP contribution is 2.20. The second-order valence-corrected chi connectivity index (χ2v) is 5.82. The van der Waals surface area contributed by atoms with E-state index in [1.165, 1.54) is 12.3 Å². The molecular weight excluding hydrogens is 268 g/mol. The maximum Gasteiger partial charge on any atom is 0.263 e. The highest BCUT2D eigenvalue weighted by atomic mass is 32.2. The van der Waals surface area contributed by atoms with Crippen LogP contribution in [0.25, 0.3) is 0 Å². The van der Waals surface area contributed by atoms with E-state index in [-0.39, 0.29) is 11.5 Å². The average molecular weight is 284 g/mol. The lowest BCUT2D eigenvalue weighted by Crippen LogP contribution is -2.12. The number of anilines is 1. The Morgan fingerprint density at radius 1 is 1.53 bits per heavy atom. The fourth-order valence-corrected chi connectivity index (χ4v) is 2.84. The number of aliphatic hydroxyl groups is 1. The zero-order chi connectivity index (χ0) is 14.0. The van der Waals surface area contributed by atoms with Crippen molar-refractivity contribution >= 4 is 15.7 Å². The molecule has 2 aromatic rings. The molecule has 0 aliphatic heterocycles. The summed E-state index contributed by atoms with van der Waals surface area (Å²) in [4.78, 5) is 2.78. The number of rotatable bonds is 5. The Morgan fingerprint density at radius 3 is 2.84 bits per heavy atom. The second kappa shape index (κ2) is 5.06. The van der Waals surface area contributed by atoms with Gasteiger partial charge in [0.2, 0.25) is 0 Å². The molecule has 0 radical (unpaired) electrons. The molecule has 0 atom stereocenters. The third kappa shape index (κ3) is 2.79. The Balaban J connectivity index is 2.30. The molecule has 19 heavy (non-hydrogen) atoms. The summed E-state index contributed by atoms with van der Waals surface area (Å²) < 4.78 is 28.4. The normalized spacial score (nSPS) is 11.7. The Labute approximate surface area is 111 Å². The molecule has 3 N–H and O–H groups in total. The minimum atomic E-state index is -3.67. The Bertz CT molecular complexity index is 672. The molecule has 0 fully saturated rings. The van der Waals surface area contributed by atoms with Gasteiger partial charge in [-0.25, -0.2) is 8.42 Å². The van der Waals surface area contributed by atoms with E-state index in [2.05, 4.69) is 14.8 Å². The molecular formula is C11H16N4O3S. The maximum absolute atomic E-state index is 12.2. The first-order chi connectivity index (χ1) is 8.96. The zero-order valence-electron chi connectivity index (χ0n) is 10.7. The summed E-state index contributed by atoms with van der Waals surface area (Å²) >= 11 is 0. The van der Waals surface area contributed by atoms with E-state index in [0.29, 0.717) is 23.5 Å². The number of hydrogen-bond donors (Lipinski definition) is 3. The van der Waals surface area contributed by atoms with Crippen LogP contribution < -0.4 is 4.72 Å². The minimum Gasteiger partial charge on any atom is -0.390 e. The van der Waals surface area contributed by atoms with Crippen LogP contribution in [0.2, 0.25) is 0 Å². The van der Waals surface area contributed by atoms with Crippen molar-refractivity contribution in [1.29, 1.82) is 0 Å². The zero-order valence-corrected chi connectivity index (χ0v) is 11.5. The molecule has 0 aromatic carbocycles. The lowest BCUT2D eigenvalue weighted by molar-refractivity contribution is 0.277. The average Bonchev–Trinajstić information content (AvgIpc) is 2.95. The standard InChI is InChI=1S/C11H16N4O3S/c1-3-10-11(6-15(2)13-10)14-19(17,18)9-4-8(7-16)12-5-9/h4-6,12,14,16H,3,7H2,1-2H3. The van der Waals surface area contributed by atoms with Crippen molar-refractivity contribution in [2.24, 2.45) is 7.05 Å². The lowest BCUT2D eigenvalue weighted by Gasteiger charge is -2.05. The molecule has 2 aromatic heterocycles. The van der Waals surface area contributed by atoms with Crippen molar-refractivity contribution in [1.82, 2.24) is 14.8 Å². The van der Waals surface area contributed by atoms with Crippen molar-refractivity contribution in [2.75, 3.05) is 4.72 Å². The number of hydrogen-bond acceptors (Lipinski definition) is 4. The molecule has 0 unspecified atom stereocenters. The number of aromatic amines is 1. The summed E-state index contributed by atoms with van der Waals surface area (Å²) in [7, 11) is -1.93. The number of nitrogens with zero attached hydrogens (tertiary/aromatic N) is 2. The summed E-state index contributed by atoms with van der Waals surface area (Å²) in [6.45, 7) is 1.67. The van der Waals surface area contributed by atoms with Crippen LogP contribution in [0.4, 0.5) is 5.69 Å². The first-order valence-electron chi connectivity index (χ1n) is 5.79. The fraction of sp³-hybridized carbons (Fsp3) is 0.364. The quantitative estimate of drug-likeness (QED) is 0.748. The summed E-state index contributed by atoms with van der Waals surface area (Å²) in [6.07, 6.45) is 3.60. The van der Waals surface area contributed by atoms with Gasteiger partial charge in [0.25, 0.3) is 10.0 Å². The molecule has 0 bridgehead atoms. The third-order valence-corrected chi connectivity index (χ3v) is 4.03. The molecule has 8 heteroatoms. The molecule has 0 spiro atoms. The predicted molar refractivity (Wildman–Crippen MR) is 70.1 cm³/mol. The summed E-state index contributed by atoms with van der Waals surface area (Å²) in [5.74, 6) is 0. The molecule has 2 heterocycles. The van der Waals surface area contributed by atoms with Gasteiger partial charge in [-0.1, -0.05) is 6.92 Å². The fourth-order valence-electron chi connectivity index (χ4n) is 1.75. The van der Waals surface area contributed by atoms with Crippen LogP contribution in [0.1, 0.15) is 18.3 Å². The van der Waals surface area contributed by atoms with Crippen molar-refractivity contribution in [3.05, 3.63) is 29.8 Å². The minimum absolute atomic E-state index is 0.0856. The van der Waals surface area contributed by atoms with Crippen LogP contribution in [0.5, 0.6) is 0 Å². The molecule has 0 saturated carbocycles. The van der Waals surface area contributed by atoms with Gasteiger partial charge in [-0.3, -0.25) is 9.40 Å². The Hall–Kier alpha value is -1.80. The number of H-pyrrole nitrogens is 1. The van der Waals surface area contributed by atoms with E-state index in [9.17, 15) is 8.42 Å². The molecule has 0 saturated heterocycles. The molecule has 104 valence electrons. The van der Waals surface area contributed by atoms with Gasteiger partial charge in [0.15, 0.2) is 0 Å². The van der Waals surface area contributed by atoms with E-state index in [0.717, 1.165) is 0 Å². The third-order valence-electron chi connectivity index (χ3n) is 2.68. The van der Waals surface area contributed by atoms with Crippen molar-refractivity contribution in [2.45, 2.75) is 24.8 Å². The number of aryl methyl sites for hydroxylation is 2. The summed E-state index contributed by atoms with van der Waals surface area (Å²) in [5, 5.41) is 13.1. The van der Waals surface area contributed by atoms with E-state index in [1.54, 1.807) is 17.9 Å². The Kier molecular flexibility index (Phi) is 3.63.